The molecule has 30 heavy (non-hydrogen) atoms. The Balaban J connectivity index is 1.48. The summed E-state index contributed by atoms with van der Waals surface area (Å²) in [5.74, 6) is -0.0474. The minimum atomic E-state index is -0.0474. The summed E-state index contributed by atoms with van der Waals surface area (Å²) in [5, 5.41) is 4.01. The number of benzene rings is 1. The highest BCUT2D eigenvalue weighted by atomic mass is 16.1. The lowest BCUT2D eigenvalue weighted by Crippen LogP contribution is -2.37. The molecule has 0 spiro atoms. The van der Waals surface area contributed by atoms with Gasteiger partial charge in [-0.15, -0.1) is 0 Å². The van der Waals surface area contributed by atoms with Gasteiger partial charge in [0.25, 0.3) is 5.91 Å². The second-order valence-electron chi connectivity index (χ2n) is 8.13. The number of para-hydroxylation sites is 1. The highest BCUT2D eigenvalue weighted by molar-refractivity contribution is 6.07. The molecule has 156 valence electrons. The average molecular weight is 403 g/mol. The number of carbonyl (C=O) groups is 1. The van der Waals surface area contributed by atoms with Gasteiger partial charge < -0.3 is 10.2 Å². The number of carbonyl (C=O) groups excluding carboxylic acids is 1. The van der Waals surface area contributed by atoms with Crippen LogP contribution in [0.15, 0.2) is 54.7 Å². The Hall–Kier alpha value is -2.79. The zero-order chi connectivity index (χ0) is 20.8. The van der Waals surface area contributed by atoms with E-state index in [0.717, 1.165) is 28.7 Å². The third-order valence-electron chi connectivity index (χ3n) is 6.00. The SMILES string of the molecule is C[C@@H](CCNC(=O)c1cc(-c2ccccn2)nc2ccccc12)N1CCCCCC1. The minimum Gasteiger partial charge on any atom is -0.352 e. The molecule has 1 aliphatic heterocycles. The van der Waals surface area contributed by atoms with Gasteiger partial charge in [-0.1, -0.05) is 37.1 Å². The van der Waals surface area contributed by atoms with E-state index in [-0.39, 0.29) is 5.91 Å². The molecule has 1 amide bonds. The van der Waals surface area contributed by atoms with Crippen LogP contribution in [-0.4, -0.2) is 46.5 Å². The zero-order valence-corrected chi connectivity index (χ0v) is 17.7. The number of rotatable bonds is 6. The smallest absolute Gasteiger partial charge is 0.252 e. The maximum absolute atomic E-state index is 13.1. The number of hydrogen-bond acceptors (Lipinski definition) is 4. The lowest BCUT2D eigenvalue weighted by Gasteiger charge is -2.27. The van der Waals surface area contributed by atoms with Crippen LogP contribution in [0.4, 0.5) is 0 Å². The lowest BCUT2D eigenvalue weighted by atomic mass is 10.1. The summed E-state index contributed by atoms with van der Waals surface area (Å²) in [7, 11) is 0. The van der Waals surface area contributed by atoms with Crippen LogP contribution in [0.25, 0.3) is 22.3 Å². The first-order chi connectivity index (χ1) is 14.7. The normalized spacial score (nSPS) is 16.2. The van der Waals surface area contributed by atoms with Crippen LogP contribution in [0, 0.1) is 0 Å². The molecule has 0 bridgehead atoms. The van der Waals surface area contributed by atoms with Crippen LogP contribution < -0.4 is 5.32 Å². The van der Waals surface area contributed by atoms with Gasteiger partial charge in [-0.05, 0) is 63.5 Å². The number of likely N-dealkylation sites (tertiary alicyclic amines) is 1. The molecule has 0 saturated carbocycles. The molecular formula is C25H30N4O. The largest absolute Gasteiger partial charge is 0.352 e. The predicted molar refractivity (Wildman–Crippen MR) is 121 cm³/mol. The fraction of sp³-hybridized carbons (Fsp3) is 0.400. The maximum atomic E-state index is 13.1. The van der Waals surface area contributed by atoms with Crippen molar-refractivity contribution in [1.29, 1.82) is 0 Å². The summed E-state index contributed by atoms with van der Waals surface area (Å²) >= 11 is 0. The number of nitrogens with zero attached hydrogens (tertiary/aromatic N) is 3. The Morgan fingerprint density at radius 3 is 2.57 bits per heavy atom. The summed E-state index contributed by atoms with van der Waals surface area (Å²) in [6.45, 7) is 5.31. The average Bonchev–Trinajstić information content (AvgIpc) is 3.08. The van der Waals surface area contributed by atoms with E-state index in [9.17, 15) is 4.79 Å². The van der Waals surface area contributed by atoms with E-state index in [4.69, 9.17) is 4.98 Å². The molecule has 3 aromatic rings. The van der Waals surface area contributed by atoms with Gasteiger partial charge in [0.15, 0.2) is 0 Å². The van der Waals surface area contributed by atoms with Crippen LogP contribution in [0.3, 0.4) is 0 Å². The number of amides is 1. The molecule has 5 heteroatoms. The Labute approximate surface area is 178 Å². The van der Waals surface area contributed by atoms with Crippen molar-refractivity contribution in [3.05, 3.63) is 60.3 Å². The molecule has 5 nitrogen and oxygen atoms in total. The molecule has 1 aliphatic rings. The van der Waals surface area contributed by atoms with Crippen molar-refractivity contribution in [2.45, 2.75) is 45.1 Å². The maximum Gasteiger partial charge on any atom is 0.252 e. The molecular weight excluding hydrogens is 372 g/mol. The number of nitrogens with one attached hydrogen (secondary N) is 1. The predicted octanol–water partition coefficient (Wildman–Crippen LogP) is 4.68. The van der Waals surface area contributed by atoms with Crippen LogP contribution in [0.2, 0.25) is 0 Å². The van der Waals surface area contributed by atoms with Crippen molar-refractivity contribution in [3.63, 3.8) is 0 Å². The molecule has 1 fully saturated rings. The van der Waals surface area contributed by atoms with E-state index in [1.807, 2.05) is 48.5 Å². The first-order valence-electron chi connectivity index (χ1n) is 11.1. The van der Waals surface area contributed by atoms with Crippen LogP contribution in [0.5, 0.6) is 0 Å². The van der Waals surface area contributed by atoms with Gasteiger partial charge in [0, 0.05) is 24.2 Å². The van der Waals surface area contributed by atoms with Crippen LogP contribution in [0.1, 0.15) is 49.4 Å². The summed E-state index contributed by atoms with van der Waals surface area (Å²) < 4.78 is 0. The molecule has 1 aromatic carbocycles. The van der Waals surface area contributed by atoms with E-state index >= 15 is 0 Å². The number of fused-ring (bicyclic) bond motifs is 1. The van der Waals surface area contributed by atoms with Crippen LogP contribution >= 0.6 is 0 Å². The third-order valence-corrected chi connectivity index (χ3v) is 6.00. The molecule has 3 heterocycles. The lowest BCUT2D eigenvalue weighted by molar-refractivity contribution is 0.0950. The van der Waals surface area contributed by atoms with Crippen LogP contribution in [-0.2, 0) is 0 Å². The molecule has 0 aliphatic carbocycles. The van der Waals surface area contributed by atoms with Crippen molar-refractivity contribution >= 4 is 16.8 Å². The molecule has 4 rings (SSSR count). The fourth-order valence-electron chi connectivity index (χ4n) is 4.22. The van der Waals surface area contributed by atoms with Gasteiger partial charge in [-0.2, -0.15) is 0 Å². The Bertz CT molecular complexity index is 981. The summed E-state index contributed by atoms with van der Waals surface area (Å²) in [4.78, 5) is 24.8. The Morgan fingerprint density at radius 1 is 1.03 bits per heavy atom. The third kappa shape index (κ3) is 4.85. The number of aromatic nitrogens is 2. The van der Waals surface area contributed by atoms with Gasteiger partial charge >= 0.3 is 0 Å². The topological polar surface area (TPSA) is 58.1 Å². The molecule has 2 aromatic heterocycles. The second-order valence-corrected chi connectivity index (χ2v) is 8.13. The number of pyridine rings is 2. The van der Waals surface area contributed by atoms with Gasteiger partial charge in [-0.3, -0.25) is 9.78 Å². The molecule has 0 radical (unpaired) electrons. The van der Waals surface area contributed by atoms with Crippen molar-refractivity contribution in [1.82, 2.24) is 20.2 Å². The molecule has 1 saturated heterocycles. The minimum absolute atomic E-state index is 0.0474. The van der Waals surface area contributed by atoms with Gasteiger partial charge in [-0.25, -0.2) is 4.98 Å². The highest BCUT2D eigenvalue weighted by Gasteiger charge is 2.17. The first kappa shape index (κ1) is 20.5. The van der Waals surface area contributed by atoms with E-state index in [1.54, 1.807) is 6.20 Å². The van der Waals surface area contributed by atoms with E-state index in [2.05, 4.69) is 22.1 Å². The zero-order valence-electron chi connectivity index (χ0n) is 17.7. The van der Waals surface area contributed by atoms with Gasteiger partial charge in [0.05, 0.1) is 22.5 Å². The van der Waals surface area contributed by atoms with E-state index in [0.29, 0.717) is 18.2 Å². The fourth-order valence-corrected chi connectivity index (χ4v) is 4.22. The monoisotopic (exact) mass is 402 g/mol. The van der Waals surface area contributed by atoms with Crippen molar-refractivity contribution in [2.24, 2.45) is 0 Å². The van der Waals surface area contributed by atoms with Gasteiger partial charge in [0.1, 0.15) is 0 Å². The summed E-state index contributed by atoms with van der Waals surface area (Å²) in [5.41, 5.74) is 2.96. The molecule has 1 atom stereocenters. The van der Waals surface area contributed by atoms with Gasteiger partial charge in [0.2, 0.25) is 0 Å². The van der Waals surface area contributed by atoms with Crippen molar-refractivity contribution in [3.8, 4) is 11.4 Å². The van der Waals surface area contributed by atoms with E-state index < -0.39 is 0 Å². The second kappa shape index (κ2) is 9.81. The Morgan fingerprint density at radius 2 is 1.80 bits per heavy atom. The highest BCUT2D eigenvalue weighted by Crippen LogP contribution is 2.23. The quantitative estimate of drug-likeness (QED) is 0.650. The number of hydrogen-bond donors (Lipinski definition) is 1. The summed E-state index contributed by atoms with van der Waals surface area (Å²) in [6.07, 6.45) is 7.96. The van der Waals surface area contributed by atoms with Crippen molar-refractivity contribution in [2.75, 3.05) is 19.6 Å². The first-order valence-corrected chi connectivity index (χ1v) is 11.1. The van der Waals surface area contributed by atoms with Crippen molar-refractivity contribution < 1.29 is 4.79 Å². The van der Waals surface area contributed by atoms with E-state index in [1.165, 1.54) is 38.8 Å². The molecule has 0 unspecified atom stereocenters. The Kier molecular flexibility index (Phi) is 6.70. The summed E-state index contributed by atoms with van der Waals surface area (Å²) in [6, 6.07) is 15.9. The molecule has 1 N–H and O–H groups in total. The standard InChI is InChI=1S/C25H30N4O/c1-19(29-16-8-2-3-9-17-29)13-15-27-25(30)21-18-24(23-12-6-7-14-26-23)28-22-11-5-4-10-20(21)22/h4-7,10-12,14,18-19H,2-3,8-9,13,15-17H2,1H3,(H,27,30)/t19-/m0/s1.